The predicted octanol–water partition coefficient (Wildman–Crippen LogP) is 5.81. The van der Waals surface area contributed by atoms with Crippen LogP contribution in [0.5, 0.6) is 0 Å². The van der Waals surface area contributed by atoms with Crippen LogP contribution in [0.25, 0.3) is 16.9 Å². The Hall–Kier alpha value is -4.54. The monoisotopic (exact) mass is 542 g/mol. The molecule has 7 heteroatoms. The van der Waals surface area contributed by atoms with Crippen LogP contribution < -0.4 is 5.56 Å². The van der Waals surface area contributed by atoms with Gasteiger partial charge in [0.15, 0.2) is 0 Å². The summed E-state index contributed by atoms with van der Waals surface area (Å²) in [5.74, 6) is 0.646. The quantitative estimate of drug-likeness (QED) is 0.247. The molecule has 7 nitrogen and oxygen atoms in total. The van der Waals surface area contributed by atoms with Crippen LogP contribution in [0, 0.1) is 11.3 Å². The molecule has 0 unspecified atom stereocenters. The van der Waals surface area contributed by atoms with Gasteiger partial charge in [-0.15, -0.1) is 0 Å². The third kappa shape index (κ3) is 5.44. The molecule has 2 aromatic heterocycles. The highest BCUT2D eigenvalue weighted by Crippen LogP contribution is 2.27. The summed E-state index contributed by atoms with van der Waals surface area (Å²) in [4.78, 5) is 21.3. The SMILES string of the molecule is CCCc1c(Cc2ccc(-c3ccccc3C#N)cc2)c(=O)n(C2CCN(Cc3ccccc3)CC2)c2ncnn12. The summed E-state index contributed by atoms with van der Waals surface area (Å²) in [6.07, 6.45) is 5.56. The zero-order valence-electron chi connectivity index (χ0n) is 23.4. The second-order valence-corrected chi connectivity index (χ2v) is 10.8. The van der Waals surface area contributed by atoms with E-state index in [0.29, 0.717) is 17.8 Å². The summed E-state index contributed by atoms with van der Waals surface area (Å²) in [6.45, 7) is 4.92. The van der Waals surface area contributed by atoms with Crippen LogP contribution >= 0.6 is 0 Å². The molecule has 6 rings (SSSR count). The van der Waals surface area contributed by atoms with Gasteiger partial charge in [-0.3, -0.25) is 14.3 Å². The van der Waals surface area contributed by atoms with Gasteiger partial charge in [-0.05, 0) is 47.6 Å². The zero-order chi connectivity index (χ0) is 28.2. The van der Waals surface area contributed by atoms with Crippen molar-refractivity contribution in [3.63, 3.8) is 0 Å². The van der Waals surface area contributed by atoms with E-state index in [1.54, 1.807) is 6.33 Å². The fraction of sp³-hybridized carbons (Fsp3) is 0.294. The molecule has 0 amide bonds. The highest BCUT2D eigenvalue weighted by molar-refractivity contribution is 5.70. The van der Waals surface area contributed by atoms with Crippen LogP contribution in [0.2, 0.25) is 0 Å². The van der Waals surface area contributed by atoms with Gasteiger partial charge >= 0.3 is 0 Å². The van der Waals surface area contributed by atoms with E-state index < -0.39 is 0 Å². The lowest BCUT2D eigenvalue weighted by molar-refractivity contribution is 0.179. The van der Waals surface area contributed by atoms with Gasteiger partial charge in [-0.2, -0.15) is 15.3 Å². The molecule has 5 aromatic rings. The van der Waals surface area contributed by atoms with Crippen molar-refractivity contribution in [3.8, 4) is 17.2 Å². The molecule has 0 spiro atoms. The van der Waals surface area contributed by atoms with Gasteiger partial charge in [0.05, 0.1) is 17.3 Å². The molecule has 0 radical (unpaired) electrons. The third-order valence-electron chi connectivity index (χ3n) is 8.18. The molecule has 0 bridgehead atoms. The molecular formula is C34H34N6O. The summed E-state index contributed by atoms with van der Waals surface area (Å²) < 4.78 is 3.81. The van der Waals surface area contributed by atoms with Crippen molar-refractivity contribution in [2.45, 2.75) is 51.6 Å². The normalized spacial score (nSPS) is 14.3. The van der Waals surface area contributed by atoms with Crippen molar-refractivity contribution in [2.24, 2.45) is 0 Å². The summed E-state index contributed by atoms with van der Waals surface area (Å²) in [5, 5.41) is 14.1. The van der Waals surface area contributed by atoms with Gasteiger partial charge in [0.1, 0.15) is 6.33 Å². The van der Waals surface area contributed by atoms with Crippen molar-refractivity contribution >= 4 is 5.78 Å². The van der Waals surface area contributed by atoms with Crippen LogP contribution in [0.3, 0.4) is 0 Å². The Kier molecular flexibility index (Phi) is 7.75. The summed E-state index contributed by atoms with van der Waals surface area (Å²) >= 11 is 0. The molecule has 3 aromatic carbocycles. The lowest BCUT2D eigenvalue weighted by Gasteiger charge is -2.33. The molecule has 41 heavy (non-hydrogen) atoms. The van der Waals surface area contributed by atoms with Crippen LogP contribution in [0.15, 0.2) is 90.0 Å². The Bertz CT molecular complexity index is 1740. The van der Waals surface area contributed by atoms with Crippen molar-refractivity contribution in [3.05, 3.63) is 123 Å². The number of nitrogens with zero attached hydrogens (tertiary/aromatic N) is 6. The molecule has 1 fully saturated rings. The molecular weight excluding hydrogens is 508 g/mol. The molecule has 3 heterocycles. The fourth-order valence-corrected chi connectivity index (χ4v) is 6.09. The number of aromatic nitrogens is 4. The largest absolute Gasteiger partial charge is 0.299 e. The Balaban J connectivity index is 1.30. The first-order chi connectivity index (χ1) is 20.2. The highest BCUT2D eigenvalue weighted by atomic mass is 16.1. The number of aryl methyl sites for hydroxylation is 1. The average Bonchev–Trinajstić information content (AvgIpc) is 3.50. The molecule has 1 aliphatic rings. The smallest absolute Gasteiger partial charge is 0.259 e. The molecule has 0 saturated carbocycles. The average molecular weight is 543 g/mol. The van der Waals surface area contributed by atoms with E-state index in [1.807, 2.05) is 51.5 Å². The Labute approximate surface area is 240 Å². The Morgan fingerprint density at radius 2 is 1.66 bits per heavy atom. The van der Waals surface area contributed by atoms with E-state index in [4.69, 9.17) is 0 Å². The third-order valence-corrected chi connectivity index (χ3v) is 8.18. The molecule has 0 N–H and O–H groups in total. The first-order valence-corrected chi connectivity index (χ1v) is 14.5. The number of likely N-dealkylation sites (tertiary alicyclic amines) is 1. The Morgan fingerprint density at radius 1 is 0.927 bits per heavy atom. The van der Waals surface area contributed by atoms with E-state index in [0.717, 1.165) is 73.3 Å². The predicted molar refractivity (Wildman–Crippen MR) is 161 cm³/mol. The maximum atomic E-state index is 14.3. The number of benzene rings is 3. The highest BCUT2D eigenvalue weighted by Gasteiger charge is 2.27. The van der Waals surface area contributed by atoms with Crippen LogP contribution in [-0.2, 0) is 19.4 Å². The van der Waals surface area contributed by atoms with Gasteiger partial charge < -0.3 is 0 Å². The minimum Gasteiger partial charge on any atom is -0.299 e. The molecule has 1 aliphatic heterocycles. The molecule has 0 aliphatic carbocycles. The minimum atomic E-state index is 0.0503. The van der Waals surface area contributed by atoms with E-state index in [1.165, 1.54) is 5.56 Å². The van der Waals surface area contributed by atoms with Crippen molar-refractivity contribution in [2.75, 3.05) is 13.1 Å². The van der Waals surface area contributed by atoms with Gasteiger partial charge in [-0.25, -0.2) is 4.52 Å². The van der Waals surface area contributed by atoms with Crippen molar-refractivity contribution in [1.82, 2.24) is 24.1 Å². The van der Waals surface area contributed by atoms with E-state index >= 15 is 0 Å². The standard InChI is InChI=1S/C34H34N6O/c1-2-8-32-31(21-25-13-15-27(16-14-25)30-12-7-6-11-28(30)22-35)33(41)39(34-36-24-37-40(32)34)29-17-19-38(20-18-29)23-26-9-4-3-5-10-26/h3-7,9-16,24,29H,2,8,17-21,23H2,1H3. The number of hydrogen-bond donors (Lipinski definition) is 0. The second kappa shape index (κ2) is 11.9. The first-order valence-electron chi connectivity index (χ1n) is 14.5. The fourth-order valence-electron chi connectivity index (χ4n) is 6.09. The topological polar surface area (TPSA) is 79.2 Å². The van der Waals surface area contributed by atoms with E-state index in [9.17, 15) is 10.1 Å². The van der Waals surface area contributed by atoms with Gasteiger partial charge in [0.25, 0.3) is 5.56 Å². The van der Waals surface area contributed by atoms with Gasteiger partial charge in [0.2, 0.25) is 5.78 Å². The zero-order valence-corrected chi connectivity index (χ0v) is 23.4. The summed E-state index contributed by atoms with van der Waals surface area (Å²) in [5.41, 5.74) is 6.72. The number of piperidine rings is 1. The Morgan fingerprint density at radius 3 is 2.39 bits per heavy atom. The van der Waals surface area contributed by atoms with Crippen LogP contribution in [-0.4, -0.2) is 37.2 Å². The number of nitriles is 1. The van der Waals surface area contributed by atoms with E-state index in [-0.39, 0.29) is 11.6 Å². The maximum Gasteiger partial charge on any atom is 0.259 e. The second-order valence-electron chi connectivity index (χ2n) is 10.8. The van der Waals surface area contributed by atoms with Gasteiger partial charge in [0, 0.05) is 37.7 Å². The molecule has 206 valence electrons. The van der Waals surface area contributed by atoms with Crippen LogP contribution in [0.1, 0.15) is 60.2 Å². The first kappa shape index (κ1) is 26.7. The van der Waals surface area contributed by atoms with Crippen molar-refractivity contribution in [1.29, 1.82) is 5.26 Å². The number of rotatable bonds is 8. The number of fused-ring (bicyclic) bond motifs is 1. The summed E-state index contributed by atoms with van der Waals surface area (Å²) in [7, 11) is 0. The molecule has 1 saturated heterocycles. The van der Waals surface area contributed by atoms with E-state index in [2.05, 4.69) is 64.4 Å². The molecule has 0 atom stereocenters. The van der Waals surface area contributed by atoms with Crippen molar-refractivity contribution < 1.29 is 0 Å². The minimum absolute atomic E-state index is 0.0503. The lowest BCUT2D eigenvalue weighted by Crippen LogP contribution is -2.39. The number of hydrogen-bond acceptors (Lipinski definition) is 5. The van der Waals surface area contributed by atoms with Crippen LogP contribution in [0.4, 0.5) is 0 Å². The maximum absolute atomic E-state index is 14.3. The van der Waals surface area contributed by atoms with Gasteiger partial charge in [-0.1, -0.05) is 86.1 Å². The summed E-state index contributed by atoms with van der Waals surface area (Å²) in [6, 6.07) is 28.8. The lowest BCUT2D eigenvalue weighted by atomic mass is 9.96.